The van der Waals surface area contributed by atoms with E-state index in [1.165, 1.54) is 46.1 Å². The van der Waals surface area contributed by atoms with Crippen LogP contribution < -0.4 is 27.0 Å². The number of nitriles is 2. The third-order valence-electron chi connectivity index (χ3n) is 16.3. The Kier molecular flexibility index (Phi) is 43.1. The zero-order valence-electron chi connectivity index (χ0n) is 63.9. The van der Waals surface area contributed by atoms with Crippen molar-refractivity contribution in [1.29, 1.82) is 10.5 Å². The fourth-order valence-electron chi connectivity index (χ4n) is 11.0. The van der Waals surface area contributed by atoms with Crippen molar-refractivity contribution >= 4 is 90.6 Å². The summed E-state index contributed by atoms with van der Waals surface area (Å²) in [7, 11) is 0. The number of fused-ring (bicyclic) bond motifs is 10. The van der Waals surface area contributed by atoms with Crippen LogP contribution in [0.1, 0.15) is 126 Å². The molecular formula is C95H102BrN4O8P. The van der Waals surface area contributed by atoms with Gasteiger partial charge in [-0.05, 0) is 165 Å². The Balaban J connectivity index is 0.000000332. The predicted octanol–water partition coefficient (Wildman–Crippen LogP) is 21.2. The van der Waals surface area contributed by atoms with Crippen LogP contribution in [0.25, 0.3) is 44.1 Å². The van der Waals surface area contributed by atoms with Crippen molar-refractivity contribution in [2.45, 2.75) is 110 Å². The van der Waals surface area contributed by atoms with Crippen LogP contribution in [0, 0.1) is 43.4 Å². The molecule has 2 aromatic heterocycles. The highest BCUT2D eigenvalue weighted by atomic mass is 79.9. The number of carbonyl (C=O) groups excluding carboxylic acids is 4. The van der Waals surface area contributed by atoms with Crippen molar-refractivity contribution in [3.8, 4) is 34.7 Å². The first-order valence-corrected chi connectivity index (χ1v) is 38.4. The third-order valence-corrected chi connectivity index (χ3v) is 21.1. The van der Waals surface area contributed by atoms with Gasteiger partial charge in [0.05, 0.1) is 41.3 Å². The minimum Gasteiger partial charge on any atom is -0.463 e. The number of hydrogen-bond acceptors (Lipinski definition) is 10. The van der Waals surface area contributed by atoms with E-state index in [1.807, 2.05) is 268 Å². The molecule has 0 fully saturated rings. The second kappa shape index (κ2) is 51.4. The van der Waals surface area contributed by atoms with E-state index >= 15 is 0 Å². The summed E-state index contributed by atoms with van der Waals surface area (Å²) in [6.45, 7) is 20.9. The number of nitrogens with one attached hydrogen (secondary N) is 2. The molecule has 0 aliphatic heterocycles. The lowest BCUT2D eigenvalue weighted by Gasteiger charge is -2.28. The van der Waals surface area contributed by atoms with Gasteiger partial charge in [0, 0.05) is 51.4 Å². The number of esters is 2. The summed E-state index contributed by atoms with van der Waals surface area (Å²) in [5.74, 6) is 1.39. The molecular weight excluding hydrogens is 1440 g/mol. The van der Waals surface area contributed by atoms with Gasteiger partial charge in [-0.3, -0.25) is 14.4 Å². The molecule has 0 spiro atoms. The monoisotopic (exact) mass is 1540 g/mol. The van der Waals surface area contributed by atoms with Crippen LogP contribution in [0.3, 0.4) is 0 Å². The molecule has 0 unspecified atom stereocenters. The van der Waals surface area contributed by atoms with Crippen LogP contribution in [-0.2, 0) is 41.5 Å². The van der Waals surface area contributed by atoms with Crippen LogP contribution in [-0.4, -0.2) is 53.5 Å². The zero-order chi connectivity index (χ0) is 79.1. The number of aromatic nitrogens is 2. The van der Waals surface area contributed by atoms with Gasteiger partial charge in [-0.1, -0.05) is 299 Å². The van der Waals surface area contributed by atoms with Gasteiger partial charge >= 0.3 is 11.9 Å². The molecule has 2 N–H and O–H groups in total. The highest BCUT2D eigenvalue weighted by Gasteiger charge is 2.27. The zero-order valence-corrected chi connectivity index (χ0v) is 66.4. The van der Waals surface area contributed by atoms with Crippen LogP contribution in [0.4, 0.5) is 0 Å². The number of nitrogens with zero attached hydrogens (tertiary/aromatic N) is 2. The molecule has 109 heavy (non-hydrogen) atoms. The lowest BCUT2D eigenvalue weighted by Crippen LogP contribution is -2.29. The highest BCUT2D eigenvalue weighted by Crippen LogP contribution is 2.44. The lowest BCUT2D eigenvalue weighted by molar-refractivity contribution is -0.142. The molecule has 0 saturated heterocycles. The van der Waals surface area contributed by atoms with E-state index in [0.29, 0.717) is 19.6 Å². The van der Waals surface area contributed by atoms with E-state index in [-0.39, 0.29) is 30.5 Å². The average molecular weight is 1540 g/mol. The van der Waals surface area contributed by atoms with Crippen molar-refractivity contribution in [1.82, 2.24) is 9.97 Å². The van der Waals surface area contributed by atoms with Crippen LogP contribution in [0.15, 0.2) is 299 Å². The van der Waals surface area contributed by atoms with E-state index in [2.05, 4.69) is 112 Å². The average Bonchev–Trinajstić information content (AvgIpc) is 1.65. The van der Waals surface area contributed by atoms with Gasteiger partial charge in [0.15, 0.2) is 0 Å². The van der Waals surface area contributed by atoms with Crippen molar-refractivity contribution in [2.24, 2.45) is 0 Å². The Morgan fingerprint density at radius 1 is 0.459 bits per heavy atom. The summed E-state index contributed by atoms with van der Waals surface area (Å²) in [6.07, 6.45) is 11.4. The fourth-order valence-corrected chi connectivity index (χ4v) is 14.9. The predicted molar refractivity (Wildman–Crippen MR) is 462 cm³/mol. The molecule has 0 bridgehead atoms. The second-order valence-corrected chi connectivity index (χ2v) is 27.4. The van der Waals surface area contributed by atoms with Crippen LogP contribution >= 0.6 is 22.8 Å². The number of benzene rings is 10. The summed E-state index contributed by atoms with van der Waals surface area (Å²) in [5, 5.41) is 24.1. The van der Waals surface area contributed by atoms with Gasteiger partial charge in [0.1, 0.15) is 19.2 Å². The van der Waals surface area contributed by atoms with Gasteiger partial charge in [-0.2, -0.15) is 10.5 Å². The summed E-state index contributed by atoms with van der Waals surface area (Å²) >= 11 is 3.40. The number of halogens is 1. The van der Waals surface area contributed by atoms with Crippen molar-refractivity contribution < 1.29 is 28.7 Å². The molecule has 2 heterocycles. The molecule has 14 heteroatoms. The summed E-state index contributed by atoms with van der Waals surface area (Å²) in [6, 6.07) is 90.3. The summed E-state index contributed by atoms with van der Waals surface area (Å²) in [4.78, 5) is 70.8. The molecule has 10 aromatic carbocycles. The van der Waals surface area contributed by atoms with Gasteiger partial charge < -0.3 is 29.0 Å². The minimum atomic E-state index is -2.24. The first-order chi connectivity index (χ1) is 52.5. The third kappa shape index (κ3) is 27.8. The number of carbonyl (C=O) groups is 4. The largest absolute Gasteiger partial charge is 0.463 e. The summed E-state index contributed by atoms with van der Waals surface area (Å²) < 4.78 is 11.2. The number of H-pyrrole nitrogens is 2. The van der Waals surface area contributed by atoms with Crippen molar-refractivity contribution in [3.63, 3.8) is 0 Å². The molecule has 2 aliphatic carbocycles. The quantitative estimate of drug-likeness (QED) is 0.0638. The van der Waals surface area contributed by atoms with E-state index in [0.717, 1.165) is 108 Å². The number of hydrogen-bond donors (Lipinski definition) is 2. The SMILES string of the molecule is C.C/C=C/C.C/C=C/COC(=O)CC.CC.CC=O.CC=O.CCOC(=O)C=P(c1ccccc1)(c1ccccc1)c1ccccc1.Cc1ccccc1Br.Cc1ccccc1C#N.Cc1ccccc1C#N.O=c1[nH]c2c(c3ccccc13)Cc1ccccc1-2.O=c1[nH]c2c(c3ccccc13)Cc1ccccc1-2. The number of rotatable bonds is 8. The Hall–Kier alpha value is -11.9. The van der Waals surface area contributed by atoms with E-state index in [1.54, 1.807) is 18.8 Å². The molecule has 2 aliphatic rings. The molecule has 0 atom stereocenters. The number of allylic oxidation sites excluding steroid dienone is 3. The van der Waals surface area contributed by atoms with Gasteiger partial charge in [0.25, 0.3) is 11.1 Å². The molecule has 14 rings (SSSR count). The van der Waals surface area contributed by atoms with Gasteiger partial charge in [-0.15, -0.1) is 0 Å². The second-order valence-electron chi connectivity index (χ2n) is 23.3. The molecule has 0 radical (unpaired) electrons. The molecule has 0 saturated carbocycles. The Morgan fingerprint density at radius 3 is 1.10 bits per heavy atom. The number of pyridine rings is 2. The number of aldehydes is 2. The topological polar surface area (TPSA) is 200 Å². The van der Waals surface area contributed by atoms with E-state index < -0.39 is 6.89 Å². The fraction of sp³-hybridized carbons (Fsp3) is 0.189. The maximum atomic E-state index is 12.5. The maximum absolute atomic E-state index is 12.5. The molecule has 12 nitrogen and oxygen atoms in total. The first kappa shape index (κ1) is 91.3. The smallest absolute Gasteiger partial charge is 0.331 e. The molecule has 0 amide bonds. The van der Waals surface area contributed by atoms with Crippen molar-refractivity contribution in [3.05, 3.63) is 360 Å². The number of ether oxygens (including phenoxy) is 2. The van der Waals surface area contributed by atoms with Gasteiger partial charge in [0.2, 0.25) is 0 Å². The maximum Gasteiger partial charge on any atom is 0.331 e. The first-order valence-electron chi connectivity index (χ1n) is 35.8. The number of aryl methyl sites for hydroxylation is 3. The van der Waals surface area contributed by atoms with Crippen LogP contribution in [0.5, 0.6) is 0 Å². The minimum absolute atomic E-state index is 0. The van der Waals surface area contributed by atoms with Crippen molar-refractivity contribution in [2.75, 3.05) is 13.2 Å². The molecule has 12 aromatic rings. The highest BCUT2D eigenvalue weighted by molar-refractivity contribution is 9.10. The molecule has 562 valence electrons. The van der Waals surface area contributed by atoms with Crippen LogP contribution in [0.2, 0.25) is 0 Å². The Labute approximate surface area is 653 Å². The normalized spacial score (nSPS) is 10.2. The Morgan fingerprint density at radius 2 is 0.789 bits per heavy atom. The number of aromatic amines is 2. The van der Waals surface area contributed by atoms with Gasteiger partial charge in [-0.25, -0.2) is 4.79 Å². The Bertz CT molecular complexity index is 4800. The standard InChI is InChI=1S/C22H21O2P.2C16H11NO.2C8H7N.C7H7Br.C7H12O2.C4H8.2C2H4O.C2H6.CH4/c1-2-24-22(23)18-25(19-12-6-3-7-13-19,20-14-8-4-9-15-20)21-16-10-5-11-17-21;2*18-16-13-8-4-3-7-12(13)14-9-10-5-1-2-6-11(10)15(14)17-16;2*1-7-4-2-3-5-8(7)6-9;1-6-4-2-3-5-7(6)8;1-3-5-6-9-7(8)4-2;1-3-4-2;2*1-2-3;1-2;/h3-18H,2H2,1H3;2*1-8H,9H2,(H,17,18);2*2-5H,1H3;2-5H,1H3;3,5H,4,6H2,1-2H3;3-4H,1-2H3;2*2H,1H3;1-2H3;1H4/b;;;;;;5-3+;4-3+;;;;. The lowest BCUT2D eigenvalue weighted by atomic mass is 10.0. The summed E-state index contributed by atoms with van der Waals surface area (Å²) in [5.41, 5.74) is 14.3. The van der Waals surface area contributed by atoms with E-state index in [4.69, 9.17) is 29.6 Å². The van der Waals surface area contributed by atoms with E-state index in [9.17, 15) is 19.2 Å².